The average Bonchev–Trinajstić information content (AvgIpc) is 3.39. The molecule has 4 rings (SSSR count). The average molecular weight is 397 g/mol. The maximum Gasteiger partial charge on any atom is 0.254 e. The number of hydrogen-bond donors (Lipinski definition) is 1. The molecule has 2 aromatic rings. The third-order valence-electron chi connectivity index (χ3n) is 5.53. The molecule has 0 radical (unpaired) electrons. The summed E-state index contributed by atoms with van der Waals surface area (Å²) in [5, 5.41) is 7.13. The van der Waals surface area contributed by atoms with Gasteiger partial charge in [0.1, 0.15) is 12.6 Å². The van der Waals surface area contributed by atoms with Crippen molar-refractivity contribution in [1.29, 1.82) is 0 Å². The highest BCUT2D eigenvalue weighted by atomic mass is 16.5. The van der Waals surface area contributed by atoms with E-state index in [1.165, 1.54) is 0 Å². The van der Waals surface area contributed by atoms with Crippen LogP contribution in [0.3, 0.4) is 0 Å². The highest BCUT2D eigenvalue weighted by molar-refractivity contribution is 5.93. The standard InChI is InChI=1S/C21H27N5O3/c1-24-11-13-25(14-12-24)20(27)15-26-10-9-19(23-26)22-21(28)18-8-7-17(29-18)16-5-3-2-4-6-16/h2-6,9-10,17-18H,7-8,11-15H2,1H3,(H,22,23,28)/t17-,18+/m0/s1. The Morgan fingerprint density at radius 1 is 1.10 bits per heavy atom. The third-order valence-corrected chi connectivity index (χ3v) is 5.53. The number of rotatable bonds is 5. The molecule has 29 heavy (non-hydrogen) atoms. The van der Waals surface area contributed by atoms with E-state index in [1.54, 1.807) is 16.9 Å². The molecule has 0 bridgehead atoms. The van der Waals surface area contributed by atoms with E-state index >= 15 is 0 Å². The summed E-state index contributed by atoms with van der Waals surface area (Å²) in [6.07, 6.45) is 2.67. The zero-order valence-electron chi connectivity index (χ0n) is 16.7. The Morgan fingerprint density at radius 2 is 1.86 bits per heavy atom. The molecular weight excluding hydrogens is 370 g/mol. The van der Waals surface area contributed by atoms with Crippen LogP contribution in [0.15, 0.2) is 42.6 Å². The van der Waals surface area contributed by atoms with Crippen LogP contribution in [0.5, 0.6) is 0 Å². The van der Waals surface area contributed by atoms with Gasteiger partial charge < -0.3 is 19.9 Å². The van der Waals surface area contributed by atoms with E-state index in [4.69, 9.17) is 4.74 Å². The van der Waals surface area contributed by atoms with Crippen LogP contribution in [0.4, 0.5) is 5.82 Å². The van der Waals surface area contributed by atoms with Crippen LogP contribution in [0, 0.1) is 0 Å². The Bertz CT molecular complexity index is 845. The van der Waals surface area contributed by atoms with Crippen LogP contribution >= 0.6 is 0 Å². The summed E-state index contributed by atoms with van der Waals surface area (Å²) < 4.78 is 7.50. The van der Waals surface area contributed by atoms with E-state index in [1.807, 2.05) is 35.2 Å². The second-order valence-corrected chi connectivity index (χ2v) is 7.67. The van der Waals surface area contributed by atoms with Crippen molar-refractivity contribution in [3.63, 3.8) is 0 Å². The van der Waals surface area contributed by atoms with E-state index in [9.17, 15) is 9.59 Å². The molecule has 2 aliphatic rings. The van der Waals surface area contributed by atoms with E-state index < -0.39 is 6.10 Å². The van der Waals surface area contributed by atoms with Gasteiger partial charge in [-0.05, 0) is 25.5 Å². The third kappa shape index (κ3) is 4.83. The SMILES string of the molecule is CN1CCN(C(=O)Cn2ccc(NC(=O)[C@H]3CC[C@@H](c4ccccc4)O3)n2)CC1. The number of hydrogen-bond acceptors (Lipinski definition) is 5. The van der Waals surface area contributed by atoms with Gasteiger partial charge in [-0.15, -0.1) is 0 Å². The first kappa shape index (κ1) is 19.6. The maximum absolute atomic E-state index is 12.5. The molecule has 2 atom stereocenters. The van der Waals surface area contributed by atoms with Crippen molar-refractivity contribution in [1.82, 2.24) is 19.6 Å². The zero-order valence-corrected chi connectivity index (χ0v) is 16.7. The summed E-state index contributed by atoms with van der Waals surface area (Å²) in [5.41, 5.74) is 1.09. The minimum Gasteiger partial charge on any atom is -0.360 e. The fourth-order valence-corrected chi connectivity index (χ4v) is 3.76. The van der Waals surface area contributed by atoms with E-state index in [0.717, 1.165) is 38.2 Å². The lowest BCUT2D eigenvalue weighted by atomic mass is 10.1. The Labute approximate surface area is 170 Å². The summed E-state index contributed by atoms with van der Waals surface area (Å²) in [7, 11) is 2.06. The van der Waals surface area contributed by atoms with Crippen molar-refractivity contribution in [2.24, 2.45) is 0 Å². The predicted octanol–water partition coefficient (Wildman–Crippen LogP) is 1.52. The number of anilines is 1. The van der Waals surface area contributed by atoms with Gasteiger partial charge in [0.2, 0.25) is 5.91 Å². The highest BCUT2D eigenvalue weighted by Gasteiger charge is 2.31. The quantitative estimate of drug-likeness (QED) is 0.828. The Balaban J connectivity index is 1.28. The molecule has 2 saturated heterocycles. The second kappa shape index (κ2) is 8.75. The summed E-state index contributed by atoms with van der Waals surface area (Å²) in [4.78, 5) is 29.0. The minimum atomic E-state index is -0.489. The van der Waals surface area contributed by atoms with Gasteiger partial charge in [-0.3, -0.25) is 14.3 Å². The molecule has 0 unspecified atom stereocenters. The predicted molar refractivity (Wildman–Crippen MR) is 108 cm³/mol. The topological polar surface area (TPSA) is 79.7 Å². The zero-order chi connectivity index (χ0) is 20.2. The monoisotopic (exact) mass is 397 g/mol. The molecule has 2 amide bonds. The van der Waals surface area contributed by atoms with Gasteiger partial charge in [-0.25, -0.2) is 0 Å². The Morgan fingerprint density at radius 3 is 2.62 bits per heavy atom. The summed E-state index contributed by atoms with van der Waals surface area (Å²) in [5.74, 6) is 0.288. The van der Waals surface area contributed by atoms with Crippen molar-refractivity contribution in [3.05, 3.63) is 48.2 Å². The van der Waals surface area contributed by atoms with Crippen LogP contribution in [-0.2, 0) is 20.9 Å². The first-order chi connectivity index (χ1) is 14.1. The lowest BCUT2D eigenvalue weighted by molar-refractivity contribution is -0.133. The highest BCUT2D eigenvalue weighted by Crippen LogP contribution is 2.32. The first-order valence-corrected chi connectivity index (χ1v) is 10.1. The number of amides is 2. The number of carbonyl (C=O) groups excluding carboxylic acids is 2. The van der Waals surface area contributed by atoms with E-state index in [0.29, 0.717) is 12.2 Å². The molecule has 8 heteroatoms. The summed E-state index contributed by atoms with van der Waals surface area (Å²) >= 11 is 0. The largest absolute Gasteiger partial charge is 0.360 e. The van der Waals surface area contributed by atoms with Crippen molar-refractivity contribution in [3.8, 4) is 0 Å². The van der Waals surface area contributed by atoms with Crippen molar-refractivity contribution < 1.29 is 14.3 Å². The van der Waals surface area contributed by atoms with Crippen LogP contribution in [-0.4, -0.2) is 70.7 Å². The normalized spacial score (nSPS) is 22.6. The number of aromatic nitrogens is 2. The van der Waals surface area contributed by atoms with Gasteiger partial charge in [-0.2, -0.15) is 5.10 Å². The number of benzene rings is 1. The molecule has 1 N–H and O–H groups in total. The van der Waals surface area contributed by atoms with Crippen LogP contribution in [0.2, 0.25) is 0 Å². The van der Waals surface area contributed by atoms with E-state index in [-0.39, 0.29) is 24.5 Å². The van der Waals surface area contributed by atoms with Crippen molar-refractivity contribution in [2.45, 2.75) is 31.6 Å². The van der Waals surface area contributed by atoms with Crippen LogP contribution in [0.1, 0.15) is 24.5 Å². The minimum absolute atomic E-state index is 0.0453. The molecule has 154 valence electrons. The van der Waals surface area contributed by atoms with Crippen LogP contribution in [0.25, 0.3) is 0 Å². The van der Waals surface area contributed by atoms with Gasteiger partial charge in [0, 0.05) is 38.4 Å². The fourth-order valence-electron chi connectivity index (χ4n) is 3.76. The molecule has 8 nitrogen and oxygen atoms in total. The molecule has 2 aliphatic heterocycles. The number of likely N-dealkylation sites (N-methyl/N-ethyl adjacent to an activating group) is 1. The first-order valence-electron chi connectivity index (χ1n) is 10.1. The Kier molecular flexibility index (Phi) is 5.92. The number of piperazine rings is 1. The number of nitrogens with one attached hydrogen (secondary N) is 1. The van der Waals surface area contributed by atoms with Crippen molar-refractivity contribution >= 4 is 17.6 Å². The fraction of sp³-hybridized carbons (Fsp3) is 0.476. The second-order valence-electron chi connectivity index (χ2n) is 7.67. The molecule has 0 aliphatic carbocycles. The lowest BCUT2D eigenvalue weighted by Gasteiger charge is -2.32. The van der Waals surface area contributed by atoms with Crippen molar-refractivity contribution in [2.75, 3.05) is 38.5 Å². The molecule has 0 saturated carbocycles. The van der Waals surface area contributed by atoms with Crippen LogP contribution < -0.4 is 5.32 Å². The Hall–Kier alpha value is -2.71. The molecule has 1 aromatic carbocycles. The van der Waals surface area contributed by atoms with E-state index in [2.05, 4.69) is 22.4 Å². The molecule has 3 heterocycles. The number of ether oxygens (including phenoxy) is 1. The summed E-state index contributed by atoms with van der Waals surface area (Å²) in [6, 6.07) is 11.7. The number of carbonyl (C=O) groups is 2. The smallest absolute Gasteiger partial charge is 0.254 e. The molecular formula is C21H27N5O3. The molecule has 0 spiro atoms. The van der Waals surface area contributed by atoms with Gasteiger partial charge in [-0.1, -0.05) is 30.3 Å². The molecule has 1 aromatic heterocycles. The lowest BCUT2D eigenvalue weighted by Crippen LogP contribution is -2.48. The maximum atomic E-state index is 12.5. The van der Waals surface area contributed by atoms with Gasteiger partial charge in [0.05, 0.1) is 6.10 Å². The summed E-state index contributed by atoms with van der Waals surface area (Å²) in [6.45, 7) is 3.42. The number of nitrogens with zero attached hydrogens (tertiary/aromatic N) is 4. The van der Waals surface area contributed by atoms with Gasteiger partial charge >= 0.3 is 0 Å². The van der Waals surface area contributed by atoms with Gasteiger partial charge in [0.15, 0.2) is 5.82 Å². The van der Waals surface area contributed by atoms with Gasteiger partial charge in [0.25, 0.3) is 5.91 Å². The molecule has 2 fully saturated rings.